The van der Waals surface area contributed by atoms with Gasteiger partial charge in [0.05, 0.1) is 12.2 Å². The van der Waals surface area contributed by atoms with Crippen molar-refractivity contribution in [3.05, 3.63) is 0 Å². The lowest BCUT2D eigenvalue weighted by atomic mass is 10.0. The highest BCUT2D eigenvalue weighted by atomic mass is 32.1. The van der Waals surface area contributed by atoms with E-state index >= 15 is 0 Å². The summed E-state index contributed by atoms with van der Waals surface area (Å²) in [6.45, 7) is 5.56. The van der Waals surface area contributed by atoms with Crippen molar-refractivity contribution >= 4 is 18.5 Å². The van der Waals surface area contributed by atoms with Gasteiger partial charge < -0.3 is 9.64 Å². The Morgan fingerprint density at radius 2 is 1.61 bits per heavy atom. The second-order valence-corrected chi connectivity index (χ2v) is 5.58. The summed E-state index contributed by atoms with van der Waals surface area (Å²) in [5, 5.41) is 0. The van der Waals surface area contributed by atoms with Gasteiger partial charge in [-0.25, -0.2) is 0 Å². The normalized spacial score (nSPS) is 24.4. The van der Waals surface area contributed by atoms with Gasteiger partial charge in [-0.05, 0) is 25.7 Å². The molecule has 2 heterocycles. The average molecular weight is 272 g/mol. The van der Waals surface area contributed by atoms with Crippen LogP contribution >= 0.6 is 12.6 Å². The summed E-state index contributed by atoms with van der Waals surface area (Å²) in [7, 11) is 0. The number of rotatable bonds is 3. The summed E-state index contributed by atoms with van der Waals surface area (Å²) in [5.41, 5.74) is 0. The maximum atomic E-state index is 11.2. The third-order valence-corrected chi connectivity index (χ3v) is 4.41. The summed E-state index contributed by atoms with van der Waals surface area (Å²) in [6, 6.07) is 0. The number of carbonyl (C=O) groups excluding carboxylic acids is 1. The molecule has 0 aromatic rings. The quantitative estimate of drug-likeness (QED) is 0.788. The SMILES string of the molecule is CC(=O)N1CCC(OC2CCN(CS)CC2)CC1. The molecule has 2 saturated heterocycles. The lowest BCUT2D eigenvalue weighted by Crippen LogP contribution is -2.43. The minimum atomic E-state index is 0.190. The number of carbonyl (C=O) groups is 1. The molecule has 18 heavy (non-hydrogen) atoms. The van der Waals surface area contributed by atoms with Crippen LogP contribution in [0.2, 0.25) is 0 Å². The molecule has 0 aliphatic carbocycles. The largest absolute Gasteiger partial charge is 0.375 e. The van der Waals surface area contributed by atoms with E-state index in [9.17, 15) is 4.79 Å². The van der Waals surface area contributed by atoms with Gasteiger partial charge in [-0.2, -0.15) is 12.6 Å². The standard InChI is InChI=1S/C13H24N2O2S/c1-11(16)15-8-4-13(5-9-15)17-12-2-6-14(10-18)7-3-12/h12-13,18H,2-10H2,1H3. The van der Waals surface area contributed by atoms with Gasteiger partial charge in [0.2, 0.25) is 5.91 Å². The molecule has 0 bridgehead atoms. The van der Waals surface area contributed by atoms with Crippen molar-refractivity contribution in [2.24, 2.45) is 0 Å². The lowest BCUT2D eigenvalue weighted by Gasteiger charge is -2.36. The molecule has 0 aromatic heterocycles. The number of ether oxygens (including phenoxy) is 1. The number of thiol groups is 1. The molecule has 2 fully saturated rings. The van der Waals surface area contributed by atoms with Gasteiger partial charge in [0.15, 0.2) is 0 Å². The third kappa shape index (κ3) is 3.87. The fraction of sp³-hybridized carbons (Fsp3) is 0.923. The molecule has 2 rings (SSSR count). The Balaban J connectivity index is 1.67. The molecule has 0 N–H and O–H groups in total. The van der Waals surface area contributed by atoms with Crippen LogP contribution in [0.15, 0.2) is 0 Å². The van der Waals surface area contributed by atoms with Crippen LogP contribution in [0, 0.1) is 0 Å². The Hall–Kier alpha value is -0.260. The van der Waals surface area contributed by atoms with Crippen LogP contribution in [0.1, 0.15) is 32.6 Å². The van der Waals surface area contributed by atoms with Gasteiger partial charge in [0.1, 0.15) is 0 Å². The van der Waals surface area contributed by atoms with E-state index in [1.165, 1.54) is 0 Å². The van der Waals surface area contributed by atoms with Gasteiger partial charge in [0.25, 0.3) is 0 Å². The maximum Gasteiger partial charge on any atom is 0.219 e. The molecule has 0 spiro atoms. The second kappa shape index (κ2) is 6.78. The van der Waals surface area contributed by atoms with Crippen LogP contribution in [0.5, 0.6) is 0 Å². The van der Waals surface area contributed by atoms with Gasteiger partial charge in [-0.15, -0.1) is 0 Å². The number of piperidine rings is 2. The lowest BCUT2D eigenvalue weighted by molar-refractivity contribution is -0.132. The fourth-order valence-corrected chi connectivity index (χ4v) is 3.05. The molecule has 104 valence electrons. The van der Waals surface area contributed by atoms with Crippen molar-refractivity contribution in [3.63, 3.8) is 0 Å². The molecule has 1 amide bonds. The zero-order chi connectivity index (χ0) is 13.0. The van der Waals surface area contributed by atoms with Crippen molar-refractivity contribution < 1.29 is 9.53 Å². The minimum absolute atomic E-state index is 0.190. The molecule has 5 heteroatoms. The number of hydrogen-bond acceptors (Lipinski definition) is 4. The van der Waals surface area contributed by atoms with E-state index in [0.717, 1.165) is 57.7 Å². The third-order valence-electron chi connectivity index (χ3n) is 4.01. The molecular weight excluding hydrogens is 248 g/mol. The van der Waals surface area contributed by atoms with E-state index in [0.29, 0.717) is 12.2 Å². The summed E-state index contributed by atoms with van der Waals surface area (Å²) in [4.78, 5) is 15.5. The molecule has 0 saturated carbocycles. The number of nitrogens with zero attached hydrogens (tertiary/aromatic N) is 2. The summed E-state index contributed by atoms with van der Waals surface area (Å²) in [5.74, 6) is 1.04. The van der Waals surface area contributed by atoms with Crippen LogP contribution in [-0.4, -0.2) is 60.0 Å². The predicted octanol–water partition coefficient (Wildman–Crippen LogP) is 1.37. The average Bonchev–Trinajstić information content (AvgIpc) is 2.40. The molecule has 2 aliphatic rings. The van der Waals surface area contributed by atoms with Gasteiger partial charge in [-0.1, -0.05) is 0 Å². The Morgan fingerprint density at radius 1 is 1.11 bits per heavy atom. The summed E-state index contributed by atoms with van der Waals surface area (Å²) < 4.78 is 6.16. The van der Waals surface area contributed by atoms with Crippen molar-refractivity contribution in [2.45, 2.75) is 44.8 Å². The Morgan fingerprint density at radius 3 is 2.06 bits per heavy atom. The first-order chi connectivity index (χ1) is 8.69. The van der Waals surface area contributed by atoms with Gasteiger partial charge in [-0.3, -0.25) is 9.69 Å². The van der Waals surface area contributed by atoms with E-state index in [2.05, 4.69) is 17.5 Å². The van der Waals surface area contributed by atoms with E-state index < -0.39 is 0 Å². The number of hydrogen-bond donors (Lipinski definition) is 1. The molecule has 0 radical (unpaired) electrons. The highest BCUT2D eigenvalue weighted by Crippen LogP contribution is 2.21. The zero-order valence-corrected chi connectivity index (χ0v) is 12.1. The maximum absolute atomic E-state index is 11.2. The first kappa shape index (κ1) is 14.2. The van der Waals surface area contributed by atoms with Crippen LogP contribution < -0.4 is 0 Å². The highest BCUT2D eigenvalue weighted by molar-refractivity contribution is 7.80. The minimum Gasteiger partial charge on any atom is -0.375 e. The predicted molar refractivity (Wildman–Crippen MR) is 74.8 cm³/mol. The smallest absolute Gasteiger partial charge is 0.219 e. The molecule has 0 unspecified atom stereocenters. The van der Waals surface area contributed by atoms with Crippen molar-refractivity contribution in [3.8, 4) is 0 Å². The number of likely N-dealkylation sites (tertiary alicyclic amines) is 2. The highest BCUT2D eigenvalue weighted by Gasteiger charge is 2.26. The molecule has 4 nitrogen and oxygen atoms in total. The van der Waals surface area contributed by atoms with Gasteiger partial charge in [0, 0.05) is 39.0 Å². The van der Waals surface area contributed by atoms with Crippen LogP contribution in [0.4, 0.5) is 0 Å². The molecule has 0 atom stereocenters. The zero-order valence-electron chi connectivity index (χ0n) is 11.2. The fourth-order valence-electron chi connectivity index (χ4n) is 2.77. The topological polar surface area (TPSA) is 32.8 Å². The molecule has 0 aromatic carbocycles. The first-order valence-corrected chi connectivity index (χ1v) is 7.56. The van der Waals surface area contributed by atoms with Crippen LogP contribution in [-0.2, 0) is 9.53 Å². The molecule has 2 aliphatic heterocycles. The van der Waals surface area contributed by atoms with E-state index in [1.54, 1.807) is 6.92 Å². The van der Waals surface area contributed by atoms with Gasteiger partial charge >= 0.3 is 0 Å². The molecular formula is C13H24N2O2S. The van der Waals surface area contributed by atoms with E-state index in [4.69, 9.17) is 4.74 Å². The number of amides is 1. The van der Waals surface area contributed by atoms with E-state index in [-0.39, 0.29) is 5.91 Å². The van der Waals surface area contributed by atoms with E-state index in [1.807, 2.05) is 4.90 Å². The monoisotopic (exact) mass is 272 g/mol. The van der Waals surface area contributed by atoms with Crippen LogP contribution in [0.25, 0.3) is 0 Å². The summed E-state index contributed by atoms with van der Waals surface area (Å²) >= 11 is 4.30. The first-order valence-electron chi connectivity index (χ1n) is 6.93. The Labute approximate surface area is 115 Å². The Bertz CT molecular complexity index is 272. The van der Waals surface area contributed by atoms with Crippen molar-refractivity contribution in [1.82, 2.24) is 9.80 Å². The summed E-state index contributed by atoms with van der Waals surface area (Å²) in [6.07, 6.45) is 4.99. The van der Waals surface area contributed by atoms with Crippen molar-refractivity contribution in [1.29, 1.82) is 0 Å². The van der Waals surface area contributed by atoms with Crippen LogP contribution in [0.3, 0.4) is 0 Å². The Kier molecular flexibility index (Phi) is 5.33. The second-order valence-electron chi connectivity index (χ2n) is 5.30. The van der Waals surface area contributed by atoms with Crippen molar-refractivity contribution in [2.75, 3.05) is 32.1 Å².